The first-order valence-corrected chi connectivity index (χ1v) is 10.9. The molecule has 2 aromatic heterocycles. The van der Waals surface area contributed by atoms with Crippen LogP contribution in [0.3, 0.4) is 0 Å². The van der Waals surface area contributed by atoms with Crippen molar-refractivity contribution in [2.24, 2.45) is 0 Å². The molecule has 0 aliphatic heterocycles. The van der Waals surface area contributed by atoms with Gasteiger partial charge in [0.25, 0.3) is 0 Å². The summed E-state index contributed by atoms with van der Waals surface area (Å²) in [5.74, 6) is -3.00. The van der Waals surface area contributed by atoms with E-state index in [1.807, 2.05) is 24.3 Å². The number of aliphatic hydroxyl groups excluding tert-OH is 2. The van der Waals surface area contributed by atoms with E-state index in [9.17, 15) is 19.8 Å². The van der Waals surface area contributed by atoms with Crippen molar-refractivity contribution in [1.82, 2.24) is 9.97 Å². The Bertz CT molecular complexity index is 1470. The summed E-state index contributed by atoms with van der Waals surface area (Å²) in [5.41, 5.74) is 3.08. The number of hydrogen-bond donors (Lipinski definition) is 4. The number of H-pyrrole nitrogens is 2. The van der Waals surface area contributed by atoms with E-state index in [0.717, 1.165) is 11.0 Å². The van der Waals surface area contributed by atoms with Crippen LogP contribution in [0.4, 0.5) is 0 Å². The number of aromatic amines is 2. The van der Waals surface area contributed by atoms with Crippen LogP contribution in [0.25, 0.3) is 33.0 Å². The molecule has 0 atom stereocenters. The fourth-order valence-corrected chi connectivity index (χ4v) is 4.70. The van der Waals surface area contributed by atoms with Crippen molar-refractivity contribution < 1.29 is 19.8 Å². The van der Waals surface area contributed by atoms with Gasteiger partial charge in [-0.3, -0.25) is 9.59 Å². The molecule has 0 spiro atoms. The largest absolute Gasteiger partial charge is 0.504 e. The van der Waals surface area contributed by atoms with Crippen LogP contribution in [0.5, 0.6) is 0 Å². The molecular weight excluding hydrogens is 428 g/mol. The highest BCUT2D eigenvalue weighted by molar-refractivity contribution is 6.48. The van der Waals surface area contributed by atoms with E-state index >= 15 is 0 Å². The van der Waals surface area contributed by atoms with E-state index in [1.165, 1.54) is 0 Å². The van der Waals surface area contributed by atoms with Crippen LogP contribution in [0.2, 0.25) is 0 Å². The minimum Gasteiger partial charge on any atom is -0.504 e. The maximum absolute atomic E-state index is 13.5. The number of carbonyl (C=O) groups excluding carboxylic acids is 2. The topological polar surface area (TPSA) is 106 Å². The van der Waals surface area contributed by atoms with E-state index in [0.29, 0.717) is 46.1 Å². The first-order chi connectivity index (χ1) is 16.5. The summed E-state index contributed by atoms with van der Waals surface area (Å²) in [6, 6.07) is 14.6. The van der Waals surface area contributed by atoms with Crippen LogP contribution in [0.15, 0.2) is 85.4 Å². The molecule has 4 aromatic rings. The summed E-state index contributed by atoms with van der Waals surface area (Å²) in [6.45, 7) is 7.52. The second kappa shape index (κ2) is 8.08. The Morgan fingerprint density at radius 1 is 0.676 bits per heavy atom. The maximum atomic E-state index is 13.5. The Kier molecular flexibility index (Phi) is 5.06. The van der Waals surface area contributed by atoms with Crippen LogP contribution in [0, 0.1) is 0 Å². The monoisotopic (exact) mass is 450 g/mol. The summed E-state index contributed by atoms with van der Waals surface area (Å²) in [7, 11) is 0. The Morgan fingerprint density at radius 2 is 1.06 bits per heavy atom. The van der Waals surface area contributed by atoms with Crippen LogP contribution in [-0.2, 0) is 22.4 Å². The van der Waals surface area contributed by atoms with E-state index in [4.69, 9.17) is 0 Å². The Balaban J connectivity index is 1.76. The molecule has 6 nitrogen and oxygen atoms in total. The zero-order chi connectivity index (χ0) is 24.0. The van der Waals surface area contributed by atoms with Gasteiger partial charge in [0.05, 0.1) is 11.1 Å². The number of allylic oxidation sites excluding steroid dienone is 4. The van der Waals surface area contributed by atoms with E-state index in [2.05, 4.69) is 23.1 Å². The normalized spacial score (nSPS) is 14.5. The summed E-state index contributed by atoms with van der Waals surface area (Å²) < 4.78 is 0. The van der Waals surface area contributed by atoms with Gasteiger partial charge in [-0.25, -0.2) is 0 Å². The average molecular weight is 450 g/mol. The van der Waals surface area contributed by atoms with Gasteiger partial charge in [0, 0.05) is 57.2 Å². The second-order valence-corrected chi connectivity index (χ2v) is 8.14. The lowest BCUT2D eigenvalue weighted by Crippen LogP contribution is -2.23. The van der Waals surface area contributed by atoms with Gasteiger partial charge < -0.3 is 20.2 Å². The molecule has 0 radical (unpaired) electrons. The highest BCUT2D eigenvalue weighted by Gasteiger charge is 2.39. The minimum absolute atomic E-state index is 0.217. The SMILES string of the molecule is C=CCc1[nH]c2ccccc2c1C1=C(O)C(=O)C(c2c(CC=C)[nH]c3ccccc23)=C(O)C1=O. The first kappa shape index (κ1) is 21.3. The van der Waals surface area contributed by atoms with E-state index < -0.39 is 23.1 Å². The Labute approximate surface area is 195 Å². The first-order valence-electron chi connectivity index (χ1n) is 10.9. The van der Waals surface area contributed by atoms with E-state index in [1.54, 1.807) is 36.4 Å². The quantitative estimate of drug-likeness (QED) is 0.230. The van der Waals surface area contributed by atoms with Crippen LogP contribution < -0.4 is 0 Å². The predicted octanol–water partition coefficient (Wildman–Crippen LogP) is 5.50. The van der Waals surface area contributed by atoms with Gasteiger partial charge in [-0.15, -0.1) is 13.2 Å². The minimum atomic E-state index is -0.808. The Morgan fingerprint density at radius 3 is 1.44 bits per heavy atom. The van der Waals surface area contributed by atoms with Crippen molar-refractivity contribution >= 4 is 44.5 Å². The lowest BCUT2D eigenvalue weighted by Gasteiger charge is -2.19. The molecule has 0 unspecified atom stereocenters. The van der Waals surface area contributed by atoms with Gasteiger partial charge in [0.1, 0.15) is 0 Å². The number of Topliss-reactive ketones (excluding diaryl/α,β-unsaturated/α-hetero) is 2. The number of aliphatic hydroxyl groups is 2. The zero-order valence-electron chi connectivity index (χ0n) is 18.3. The van der Waals surface area contributed by atoms with Crippen molar-refractivity contribution in [3.8, 4) is 0 Å². The standard InChI is InChI=1S/C28H22N2O4/c1-3-9-19-21(15-11-5-7-13-17(15)29-19)23-25(31)27(33)24(28(34)26(23)32)22-16-12-6-8-14-18(16)30-20(22)10-4-2/h3-8,11-14,29-31,34H,1-2,9-10H2. The van der Waals surface area contributed by atoms with Gasteiger partial charge in [-0.1, -0.05) is 48.6 Å². The number of nitrogens with one attached hydrogen (secondary N) is 2. The van der Waals surface area contributed by atoms with Crippen LogP contribution >= 0.6 is 0 Å². The van der Waals surface area contributed by atoms with Gasteiger partial charge >= 0.3 is 0 Å². The van der Waals surface area contributed by atoms with Crippen LogP contribution in [0.1, 0.15) is 22.5 Å². The second-order valence-electron chi connectivity index (χ2n) is 8.14. The molecule has 0 saturated carbocycles. The summed E-state index contributed by atoms with van der Waals surface area (Å²) in [5, 5.41) is 23.5. The third kappa shape index (κ3) is 3.03. The molecule has 2 aromatic carbocycles. The zero-order valence-corrected chi connectivity index (χ0v) is 18.3. The van der Waals surface area contributed by atoms with Gasteiger partial charge in [-0.2, -0.15) is 0 Å². The number of fused-ring (bicyclic) bond motifs is 2. The van der Waals surface area contributed by atoms with Crippen molar-refractivity contribution in [2.75, 3.05) is 0 Å². The van der Waals surface area contributed by atoms with E-state index in [-0.39, 0.29) is 11.1 Å². The number of para-hydroxylation sites is 2. The fraction of sp³-hybridized carbons (Fsp3) is 0.0714. The summed E-state index contributed by atoms with van der Waals surface area (Å²) in [6.07, 6.45) is 4.09. The molecule has 5 rings (SSSR count). The molecular formula is C28H22N2O4. The highest BCUT2D eigenvalue weighted by Crippen LogP contribution is 2.41. The molecule has 1 aliphatic carbocycles. The fourth-order valence-electron chi connectivity index (χ4n) is 4.70. The average Bonchev–Trinajstić information content (AvgIpc) is 3.37. The molecule has 168 valence electrons. The van der Waals surface area contributed by atoms with Crippen molar-refractivity contribution in [3.05, 3.63) is 108 Å². The molecule has 0 bridgehead atoms. The third-order valence-electron chi connectivity index (χ3n) is 6.12. The molecule has 34 heavy (non-hydrogen) atoms. The smallest absolute Gasteiger partial charge is 0.232 e. The molecule has 4 N–H and O–H groups in total. The number of carbonyl (C=O) groups is 2. The lowest BCUT2D eigenvalue weighted by atomic mass is 9.84. The Hall–Kier alpha value is -4.58. The van der Waals surface area contributed by atoms with Crippen LogP contribution in [-0.4, -0.2) is 31.7 Å². The predicted molar refractivity (Wildman–Crippen MR) is 134 cm³/mol. The number of benzene rings is 2. The number of ketones is 2. The molecule has 0 fully saturated rings. The summed E-state index contributed by atoms with van der Waals surface area (Å²) >= 11 is 0. The van der Waals surface area contributed by atoms with Crippen molar-refractivity contribution in [1.29, 1.82) is 0 Å². The highest BCUT2D eigenvalue weighted by atomic mass is 16.3. The lowest BCUT2D eigenvalue weighted by molar-refractivity contribution is -0.116. The molecule has 0 amide bonds. The molecule has 2 heterocycles. The van der Waals surface area contributed by atoms with Gasteiger partial charge in [-0.05, 0) is 12.1 Å². The van der Waals surface area contributed by atoms with Gasteiger partial charge in [0.15, 0.2) is 11.5 Å². The van der Waals surface area contributed by atoms with Gasteiger partial charge in [0.2, 0.25) is 11.6 Å². The van der Waals surface area contributed by atoms with Crippen molar-refractivity contribution in [2.45, 2.75) is 12.8 Å². The molecule has 1 aliphatic rings. The number of hydrogen-bond acceptors (Lipinski definition) is 4. The third-order valence-corrected chi connectivity index (χ3v) is 6.12. The molecule has 6 heteroatoms. The summed E-state index contributed by atoms with van der Waals surface area (Å²) in [4.78, 5) is 33.5. The molecule has 0 saturated heterocycles. The van der Waals surface area contributed by atoms with Crippen molar-refractivity contribution in [3.63, 3.8) is 0 Å². The number of aromatic nitrogens is 2. The maximum Gasteiger partial charge on any atom is 0.232 e. The number of rotatable bonds is 6.